The maximum Gasteiger partial charge on any atom is 0.243 e. The molecule has 12 nitrogen and oxygen atoms in total. The molecule has 4 rings (SSSR count). The molecule has 218 valence electrons. The molecule has 5 N–H and O–H groups in total. The Morgan fingerprint density at radius 2 is 2.07 bits per heavy atom. The molecule has 0 aliphatic carbocycles. The minimum atomic E-state index is -0.247. The van der Waals surface area contributed by atoms with Crippen molar-refractivity contribution in [3.05, 3.63) is 65.1 Å². The van der Waals surface area contributed by atoms with Gasteiger partial charge >= 0.3 is 0 Å². The minimum Gasteiger partial charge on any atom is -0.405 e. The number of benzene rings is 1. The number of ether oxygens (including phenoxy) is 1. The summed E-state index contributed by atoms with van der Waals surface area (Å²) in [5.41, 5.74) is 11.7. The lowest BCUT2D eigenvalue weighted by Gasteiger charge is -2.32. The molecule has 0 fully saturated rings. The van der Waals surface area contributed by atoms with Gasteiger partial charge in [0, 0.05) is 64.1 Å². The molecule has 3 heterocycles. The Balaban J connectivity index is 1.70. The number of rotatable bonds is 12. The van der Waals surface area contributed by atoms with Gasteiger partial charge in [-0.1, -0.05) is 12.6 Å². The highest BCUT2D eigenvalue weighted by Gasteiger charge is 2.30. The van der Waals surface area contributed by atoms with E-state index < -0.39 is 0 Å². The second-order valence-electron chi connectivity index (χ2n) is 10.3. The Kier molecular flexibility index (Phi) is 9.56. The van der Waals surface area contributed by atoms with Gasteiger partial charge in [0.2, 0.25) is 17.8 Å². The zero-order valence-corrected chi connectivity index (χ0v) is 24.2. The minimum absolute atomic E-state index is 0.0103. The molecule has 12 heteroatoms. The van der Waals surface area contributed by atoms with Gasteiger partial charge < -0.3 is 30.9 Å². The molecule has 2 aromatic heterocycles. The van der Waals surface area contributed by atoms with E-state index >= 15 is 0 Å². The van der Waals surface area contributed by atoms with Crippen molar-refractivity contribution in [2.45, 2.75) is 39.4 Å². The van der Waals surface area contributed by atoms with Gasteiger partial charge in [-0.2, -0.15) is 10.1 Å². The lowest BCUT2D eigenvalue weighted by Crippen LogP contribution is -2.37. The molecule has 1 aromatic carbocycles. The van der Waals surface area contributed by atoms with Crippen molar-refractivity contribution in [2.75, 3.05) is 50.5 Å². The van der Waals surface area contributed by atoms with Crippen molar-refractivity contribution in [3.63, 3.8) is 0 Å². The van der Waals surface area contributed by atoms with E-state index in [0.29, 0.717) is 57.4 Å². The first-order valence-corrected chi connectivity index (χ1v) is 13.6. The van der Waals surface area contributed by atoms with E-state index in [1.165, 1.54) is 6.08 Å². The number of aryl methyl sites for hydroxylation is 1. The molecule has 0 saturated heterocycles. The molecule has 0 saturated carbocycles. The highest BCUT2D eigenvalue weighted by Crippen LogP contribution is 2.38. The maximum atomic E-state index is 12.2. The summed E-state index contributed by atoms with van der Waals surface area (Å²) in [7, 11) is 3.46. The van der Waals surface area contributed by atoms with E-state index in [4.69, 9.17) is 20.4 Å². The van der Waals surface area contributed by atoms with Gasteiger partial charge in [-0.05, 0) is 48.9 Å². The Labute approximate surface area is 240 Å². The summed E-state index contributed by atoms with van der Waals surface area (Å²) in [6.45, 7) is 9.59. The highest BCUT2D eigenvalue weighted by atomic mass is 16.5. The summed E-state index contributed by atoms with van der Waals surface area (Å²) in [6.07, 6.45) is 5.26. The van der Waals surface area contributed by atoms with Gasteiger partial charge in [0.15, 0.2) is 0 Å². The Morgan fingerprint density at radius 1 is 1.27 bits per heavy atom. The summed E-state index contributed by atoms with van der Waals surface area (Å²) in [6, 6.07) is 4.08. The topological polar surface area (TPSA) is 154 Å². The van der Waals surface area contributed by atoms with Gasteiger partial charge in [0.1, 0.15) is 5.82 Å². The lowest BCUT2D eigenvalue weighted by atomic mass is 9.93. The lowest BCUT2D eigenvalue weighted by molar-refractivity contribution is -0.128. The fraction of sp³-hybridized carbons (Fsp3) is 0.414. The molecule has 1 unspecified atom stereocenters. The van der Waals surface area contributed by atoms with Crippen molar-refractivity contribution in [1.82, 2.24) is 30.4 Å². The quantitative estimate of drug-likeness (QED) is 0.244. The third kappa shape index (κ3) is 7.01. The summed E-state index contributed by atoms with van der Waals surface area (Å²) in [5, 5.41) is 14.4. The third-order valence-electron chi connectivity index (χ3n) is 7.10. The summed E-state index contributed by atoms with van der Waals surface area (Å²) >= 11 is 0. The van der Waals surface area contributed by atoms with Gasteiger partial charge in [0.25, 0.3) is 0 Å². The molecule has 2 amide bonds. The van der Waals surface area contributed by atoms with Crippen LogP contribution in [0.2, 0.25) is 0 Å². The molecule has 1 atom stereocenters. The average Bonchev–Trinajstić information content (AvgIpc) is 3.44. The highest BCUT2D eigenvalue weighted by molar-refractivity contribution is 5.86. The summed E-state index contributed by atoms with van der Waals surface area (Å²) in [5.74, 6) is 0.889. The van der Waals surface area contributed by atoms with Crippen LogP contribution in [0.3, 0.4) is 0 Å². The molecule has 1 aliphatic rings. The predicted molar refractivity (Wildman–Crippen MR) is 159 cm³/mol. The van der Waals surface area contributed by atoms with Crippen LogP contribution in [0, 0.1) is 6.92 Å². The van der Waals surface area contributed by atoms with Crippen LogP contribution in [0.5, 0.6) is 0 Å². The summed E-state index contributed by atoms with van der Waals surface area (Å²) < 4.78 is 6.47. The molecule has 3 aromatic rings. The van der Waals surface area contributed by atoms with E-state index in [2.05, 4.69) is 45.3 Å². The van der Waals surface area contributed by atoms with Gasteiger partial charge in [0.05, 0.1) is 30.1 Å². The standard InChI is InChI=1S/C29H39N9O3/c1-6-25(39)31-11-12-38(16-18(2)14-30)28-21-17-41-24(27-19(3)7-8-22-20(27)15-33-36-22)13-23(21)34-29(35-28)32-10-9-26(40)37(4)5/h6-8,14-15,24H,1,9-13,16-17,30H2,2-5H3,(H,31,39)(H,33,36)(H,32,34,35)/b18-14-. The first-order valence-electron chi connectivity index (χ1n) is 13.6. The van der Waals surface area contributed by atoms with Crippen LogP contribution in [-0.2, 0) is 27.4 Å². The first kappa shape index (κ1) is 29.5. The van der Waals surface area contributed by atoms with Gasteiger partial charge in [-0.25, -0.2) is 4.98 Å². The zero-order chi connectivity index (χ0) is 29.5. The SMILES string of the molecule is C=CC(=O)NCCN(C/C(C)=C\N)c1nc(NCCC(=O)N(C)C)nc2c1COC(c1c(C)ccc3[nH]ncc13)C2. The van der Waals surface area contributed by atoms with Gasteiger partial charge in [-0.15, -0.1) is 0 Å². The first-order chi connectivity index (χ1) is 19.7. The van der Waals surface area contributed by atoms with Crippen molar-refractivity contribution in [2.24, 2.45) is 5.73 Å². The molecule has 0 bridgehead atoms. The number of fused-ring (bicyclic) bond motifs is 2. The second kappa shape index (κ2) is 13.3. The largest absolute Gasteiger partial charge is 0.405 e. The number of nitrogens with zero attached hydrogens (tertiary/aromatic N) is 5. The predicted octanol–water partition coefficient (Wildman–Crippen LogP) is 2.34. The van der Waals surface area contributed by atoms with E-state index in [1.54, 1.807) is 25.2 Å². The number of H-pyrrole nitrogens is 1. The van der Waals surface area contributed by atoms with Crippen LogP contribution in [-0.4, -0.2) is 77.2 Å². The number of carbonyl (C=O) groups excluding carboxylic acids is 2. The number of anilines is 2. The number of hydrogen-bond donors (Lipinski definition) is 4. The van der Waals surface area contributed by atoms with Crippen molar-refractivity contribution in [3.8, 4) is 0 Å². The average molecular weight is 562 g/mol. The smallest absolute Gasteiger partial charge is 0.243 e. The second-order valence-corrected chi connectivity index (χ2v) is 10.3. The number of aromatic nitrogens is 4. The number of nitrogens with two attached hydrogens (primary N) is 1. The molecule has 1 aliphatic heterocycles. The fourth-order valence-electron chi connectivity index (χ4n) is 4.86. The summed E-state index contributed by atoms with van der Waals surface area (Å²) in [4.78, 5) is 37.4. The molecule has 41 heavy (non-hydrogen) atoms. The molecule has 0 spiro atoms. The number of aromatic amines is 1. The van der Waals surface area contributed by atoms with Crippen LogP contribution < -0.4 is 21.3 Å². The Morgan fingerprint density at radius 3 is 2.80 bits per heavy atom. The van der Waals surface area contributed by atoms with E-state index in [1.807, 2.05) is 19.2 Å². The van der Waals surface area contributed by atoms with Crippen LogP contribution in [0.4, 0.5) is 11.8 Å². The van der Waals surface area contributed by atoms with E-state index in [0.717, 1.165) is 38.9 Å². The van der Waals surface area contributed by atoms with Crippen molar-refractivity contribution in [1.29, 1.82) is 0 Å². The number of nitrogens with one attached hydrogen (secondary N) is 3. The van der Waals surface area contributed by atoms with Crippen molar-refractivity contribution >= 4 is 34.5 Å². The number of carbonyl (C=O) groups is 2. The van der Waals surface area contributed by atoms with Gasteiger partial charge in [-0.3, -0.25) is 14.7 Å². The van der Waals surface area contributed by atoms with Crippen LogP contribution in [0.1, 0.15) is 41.8 Å². The number of hydrogen-bond acceptors (Lipinski definition) is 9. The van der Waals surface area contributed by atoms with Crippen molar-refractivity contribution < 1.29 is 14.3 Å². The van der Waals surface area contributed by atoms with Crippen LogP contribution in [0.25, 0.3) is 10.9 Å². The molecular weight excluding hydrogens is 522 g/mol. The maximum absolute atomic E-state index is 12.2. The monoisotopic (exact) mass is 561 g/mol. The molecular formula is C29H39N9O3. The normalized spacial score (nSPS) is 14.8. The van der Waals surface area contributed by atoms with Crippen LogP contribution >= 0.6 is 0 Å². The Hall–Kier alpha value is -4.45. The third-order valence-corrected chi connectivity index (χ3v) is 7.10. The fourth-order valence-corrected chi connectivity index (χ4v) is 4.86. The zero-order valence-electron chi connectivity index (χ0n) is 24.2. The van der Waals surface area contributed by atoms with E-state index in [-0.39, 0.29) is 17.9 Å². The number of amides is 2. The Bertz CT molecular complexity index is 1450. The van der Waals surface area contributed by atoms with E-state index in [9.17, 15) is 9.59 Å². The van der Waals surface area contributed by atoms with Crippen LogP contribution in [0.15, 0.2) is 42.8 Å². The molecule has 0 radical (unpaired) electrons.